The standard InChI is InChI=1S/C34H50N2O3/c1-3-30(36-24-7-5-4-6-8-24)31-22-26(15-19-35-31)39-20-18-34-17-14-28-27(29(34)11-12-32(34)38)10-9-23-21-25(37)13-16-33(23,28)2/h15,19,21-22,24,27-30,32,36,38H,3-14,16-18,20H2,1-2H3/t27?,28?,29?,30?,32?,33-,34+/m0/s1. The highest BCUT2D eigenvalue weighted by Gasteiger charge is 2.60. The molecule has 2 N–H and O–H groups in total. The Kier molecular flexibility index (Phi) is 7.94. The average molecular weight is 535 g/mol. The number of hydrogen-bond acceptors (Lipinski definition) is 5. The van der Waals surface area contributed by atoms with E-state index in [1.807, 2.05) is 18.3 Å². The van der Waals surface area contributed by atoms with Gasteiger partial charge in [-0.2, -0.15) is 0 Å². The first kappa shape index (κ1) is 27.4. The third-order valence-corrected chi connectivity index (χ3v) is 12.0. The third-order valence-electron chi connectivity index (χ3n) is 12.0. The zero-order valence-electron chi connectivity index (χ0n) is 24.3. The molecule has 5 aliphatic rings. The maximum Gasteiger partial charge on any atom is 0.155 e. The van der Waals surface area contributed by atoms with Crippen LogP contribution in [-0.4, -0.2) is 34.6 Å². The van der Waals surface area contributed by atoms with Crippen molar-refractivity contribution in [2.45, 2.75) is 128 Å². The lowest BCUT2D eigenvalue weighted by Gasteiger charge is -2.58. The van der Waals surface area contributed by atoms with Crippen molar-refractivity contribution >= 4 is 5.78 Å². The number of aliphatic hydroxyl groups excluding tert-OH is 1. The third kappa shape index (κ3) is 5.12. The number of carbonyl (C=O) groups is 1. The molecule has 0 spiro atoms. The van der Waals surface area contributed by atoms with Crippen LogP contribution in [0.15, 0.2) is 30.0 Å². The lowest BCUT2D eigenvalue weighted by Crippen LogP contribution is -2.52. The van der Waals surface area contributed by atoms with Crippen molar-refractivity contribution in [3.63, 3.8) is 0 Å². The van der Waals surface area contributed by atoms with Crippen molar-refractivity contribution in [1.82, 2.24) is 10.3 Å². The van der Waals surface area contributed by atoms with Crippen molar-refractivity contribution in [1.29, 1.82) is 0 Å². The number of pyridine rings is 1. The van der Waals surface area contributed by atoms with E-state index in [4.69, 9.17) is 9.72 Å². The molecule has 0 bridgehead atoms. The van der Waals surface area contributed by atoms with Gasteiger partial charge in [0.05, 0.1) is 18.4 Å². The molecule has 39 heavy (non-hydrogen) atoms. The van der Waals surface area contributed by atoms with Gasteiger partial charge in [-0.15, -0.1) is 0 Å². The van der Waals surface area contributed by atoms with E-state index in [9.17, 15) is 9.90 Å². The fourth-order valence-electron chi connectivity index (χ4n) is 9.85. The van der Waals surface area contributed by atoms with Crippen LogP contribution in [0.25, 0.3) is 0 Å². The summed E-state index contributed by atoms with van der Waals surface area (Å²) < 4.78 is 6.41. The molecule has 5 aliphatic carbocycles. The molecule has 7 atom stereocenters. The highest BCUT2D eigenvalue weighted by molar-refractivity contribution is 5.91. The Morgan fingerprint density at radius 1 is 1.08 bits per heavy atom. The van der Waals surface area contributed by atoms with E-state index in [0.717, 1.165) is 56.4 Å². The van der Waals surface area contributed by atoms with E-state index in [1.165, 1.54) is 50.5 Å². The second kappa shape index (κ2) is 11.3. The number of fused-ring (bicyclic) bond motifs is 5. The summed E-state index contributed by atoms with van der Waals surface area (Å²) >= 11 is 0. The maximum atomic E-state index is 12.2. The van der Waals surface area contributed by atoms with Gasteiger partial charge in [0.25, 0.3) is 0 Å². The summed E-state index contributed by atoms with van der Waals surface area (Å²) in [4.78, 5) is 16.9. The van der Waals surface area contributed by atoms with Crippen molar-refractivity contribution in [2.75, 3.05) is 6.61 Å². The van der Waals surface area contributed by atoms with E-state index in [0.29, 0.717) is 42.6 Å². The highest BCUT2D eigenvalue weighted by Crippen LogP contribution is 2.66. The maximum absolute atomic E-state index is 12.2. The van der Waals surface area contributed by atoms with Crippen LogP contribution in [0.3, 0.4) is 0 Å². The molecule has 6 rings (SSSR count). The number of hydrogen-bond donors (Lipinski definition) is 2. The van der Waals surface area contributed by atoms with Crippen LogP contribution >= 0.6 is 0 Å². The SMILES string of the molecule is CCC(NC1CCCCC1)c1cc(OCC[C@]23CCC4C(CCC5=CC(=O)CC[C@@]54C)C2CCC3O)ccn1. The summed E-state index contributed by atoms with van der Waals surface area (Å²) in [6, 6.07) is 5.01. The minimum Gasteiger partial charge on any atom is -0.493 e. The predicted octanol–water partition coefficient (Wildman–Crippen LogP) is 7.10. The number of aromatic nitrogens is 1. The molecular weight excluding hydrogens is 484 g/mol. The Labute approximate surface area is 235 Å². The van der Waals surface area contributed by atoms with Gasteiger partial charge in [0, 0.05) is 36.2 Å². The van der Waals surface area contributed by atoms with Gasteiger partial charge in [0.15, 0.2) is 5.78 Å². The summed E-state index contributed by atoms with van der Waals surface area (Å²) in [5.74, 6) is 3.12. The number of carbonyl (C=O) groups excluding carboxylic acids is 1. The number of aliphatic hydroxyl groups is 1. The lowest BCUT2D eigenvalue weighted by atomic mass is 9.46. The van der Waals surface area contributed by atoms with Crippen molar-refractivity contribution < 1.29 is 14.6 Å². The van der Waals surface area contributed by atoms with Crippen molar-refractivity contribution in [2.24, 2.45) is 28.6 Å². The van der Waals surface area contributed by atoms with Crippen LogP contribution < -0.4 is 10.1 Å². The van der Waals surface area contributed by atoms with Gasteiger partial charge in [-0.3, -0.25) is 9.78 Å². The van der Waals surface area contributed by atoms with Crippen molar-refractivity contribution in [3.8, 4) is 5.75 Å². The van der Waals surface area contributed by atoms with Crippen LogP contribution in [0.1, 0.15) is 122 Å². The molecule has 5 heteroatoms. The molecule has 0 aromatic carbocycles. The Bertz CT molecular complexity index is 1060. The van der Waals surface area contributed by atoms with Gasteiger partial charge in [0.1, 0.15) is 5.75 Å². The van der Waals surface area contributed by atoms with E-state index in [2.05, 4.69) is 25.2 Å². The molecule has 1 aromatic heterocycles. The first-order chi connectivity index (χ1) is 18.9. The number of ketones is 1. The fraction of sp³-hybridized carbons (Fsp3) is 0.765. The first-order valence-corrected chi connectivity index (χ1v) is 16.2. The van der Waals surface area contributed by atoms with Gasteiger partial charge in [-0.25, -0.2) is 0 Å². The average Bonchev–Trinajstić information content (AvgIpc) is 3.29. The Hall–Kier alpha value is -1.72. The summed E-state index contributed by atoms with van der Waals surface area (Å²) in [6.07, 6.45) is 20.5. The summed E-state index contributed by atoms with van der Waals surface area (Å²) in [5.41, 5.74) is 2.67. The number of nitrogens with zero attached hydrogens (tertiary/aromatic N) is 1. The zero-order valence-corrected chi connectivity index (χ0v) is 24.3. The minimum atomic E-state index is -0.220. The molecule has 214 valence electrons. The number of nitrogens with one attached hydrogen (secondary N) is 1. The van der Waals surface area contributed by atoms with E-state index < -0.39 is 0 Å². The first-order valence-electron chi connectivity index (χ1n) is 16.2. The van der Waals surface area contributed by atoms with Crippen LogP contribution in [0.2, 0.25) is 0 Å². The second-order valence-corrected chi connectivity index (χ2v) is 13.8. The molecule has 4 fully saturated rings. The van der Waals surface area contributed by atoms with Crippen LogP contribution in [-0.2, 0) is 4.79 Å². The lowest BCUT2D eigenvalue weighted by molar-refractivity contribution is -0.118. The molecule has 1 heterocycles. The fourth-order valence-corrected chi connectivity index (χ4v) is 9.85. The predicted molar refractivity (Wildman–Crippen MR) is 154 cm³/mol. The molecule has 4 saturated carbocycles. The summed E-state index contributed by atoms with van der Waals surface area (Å²) in [5, 5.41) is 15.2. The smallest absolute Gasteiger partial charge is 0.155 e. The topological polar surface area (TPSA) is 71.5 Å². The summed E-state index contributed by atoms with van der Waals surface area (Å²) in [7, 11) is 0. The Morgan fingerprint density at radius 2 is 1.92 bits per heavy atom. The van der Waals surface area contributed by atoms with E-state index >= 15 is 0 Å². The summed E-state index contributed by atoms with van der Waals surface area (Å²) in [6.45, 7) is 5.33. The molecule has 0 radical (unpaired) electrons. The molecule has 5 unspecified atom stereocenters. The minimum absolute atomic E-state index is 0.0203. The zero-order chi connectivity index (χ0) is 27.0. The Morgan fingerprint density at radius 3 is 2.74 bits per heavy atom. The van der Waals surface area contributed by atoms with E-state index in [-0.39, 0.29) is 23.0 Å². The van der Waals surface area contributed by atoms with Crippen LogP contribution in [0.5, 0.6) is 5.75 Å². The van der Waals surface area contributed by atoms with Crippen LogP contribution in [0.4, 0.5) is 0 Å². The number of ether oxygens (including phenoxy) is 1. The number of rotatable bonds is 8. The molecule has 5 nitrogen and oxygen atoms in total. The highest BCUT2D eigenvalue weighted by atomic mass is 16.5. The monoisotopic (exact) mass is 534 g/mol. The second-order valence-electron chi connectivity index (χ2n) is 13.8. The molecule has 1 aromatic rings. The van der Waals surface area contributed by atoms with Gasteiger partial charge in [0.2, 0.25) is 0 Å². The van der Waals surface area contributed by atoms with Gasteiger partial charge >= 0.3 is 0 Å². The Balaban J connectivity index is 1.12. The quantitative estimate of drug-likeness (QED) is 0.372. The van der Waals surface area contributed by atoms with Crippen LogP contribution in [0, 0.1) is 28.6 Å². The van der Waals surface area contributed by atoms with Gasteiger partial charge < -0.3 is 15.2 Å². The molecule has 0 aliphatic heterocycles. The molecule has 0 amide bonds. The van der Waals surface area contributed by atoms with Gasteiger partial charge in [-0.1, -0.05) is 38.7 Å². The normalized spacial score (nSPS) is 37.4. The molecular formula is C34H50N2O3. The largest absolute Gasteiger partial charge is 0.493 e. The van der Waals surface area contributed by atoms with Crippen molar-refractivity contribution in [3.05, 3.63) is 35.7 Å². The van der Waals surface area contributed by atoms with Gasteiger partial charge in [-0.05, 0) is 106 Å². The molecule has 0 saturated heterocycles. The number of allylic oxidation sites excluding steroid dienone is 1. The van der Waals surface area contributed by atoms with E-state index in [1.54, 1.807) is 0 Å².